The summed E-state index contributed by atoms with van der Waals surface area (Å²) in [6, 6.07) is 26.0. The van der Waals surface area contributed by atoms with Gasteiger partial charge in [0.15, 0.2) is 12.3 Å². The molecule has 2 aliphatic carbocycles. The molecule has 0 bridgehead atoms. The zero-order valence-corrected chi connectivity index (χ0v) is 45.0. The average molecular weight is 1070 g/mol. The van der Waals surface area contributed by atoms with Crippen LogP contribution in [0.5, 0.6) is 11.5 Å². The number of allylic oxidation sites excluding steroid dienone is 1. The van der Waals surface area contributed by atoms with Crippen molar-refractivity contribution in [1.82, 2.24) is 25.2 Å². The van der Waals surface area contributed by atoms with Crippen molar-refractivity contribution in [2.24, 2.45) is 0 Å². The van der Waals surface area contributed by atoms with Gasteiger partial charge in [0.25, 0.3) is 11.8 Å². The molecule has 386 valence electrons. The molecule has 0 saturated carbocycles. The first-order chi connectivity index (χ1) is 35.1. The molecule has 0 aliphatic heterocycles. The molecule has 0 N–H and O–H groups in total. The van der Waals surface area contributed by atoms with Crippen molar-refractivity contribution in [3.05, 3.63) is 112 Å². The summed E-state index contributed by atoms with van der Waals surface area (Å²) >= 11 is 2.85. The third-order valence-electron chi connectivity index (χ3n) is 10.2. The Morgan fingerprint density at radius 3 is 1.66 bits per heavy atom. The minimum Gasteiger partial charge on any atom is -0.490 e. The molecule has 74 heavy (non-hydrogen) atoms. The maximum atomic E-state index is 12.3. The van der Waals surface area contributed by atoms with Crippen LogP contribution in [0, 0.1) is 22.7 Å². The largest absolute Gasteiger partial charge is 0.490 e. The van der Waals surface area contributed by atoms with Crippen molar-refractivity contribution in [3.63, 3.8) is 0 Å². The maximum Gasteiger partial charge on any atom is 0.367 e. The summed E-state index contributed by atoms with van der Waals surface area (Å²) in [7, 11) is 11.8. The number of hydrogen-bond donors (Lipinski definition) is 0. The number of nitriles is 2. The minimum atomic E-state index is -0.540. The van der Waals surface area contributed by atoms with Gasteiger partial charge in [-0.15, -0.1) is 0 Å². The van der Waals surface area contributed by atoms with Crippen LogP contribution in [0.25, 0.3) is 51.4 Å². The number of carbonyl (C=O) groups excluding carboxylic acids is 4. The van der Waals surface area contributed by atoms with Crippen LogP contribution < -0.4 is 9.47 Å². The van der Waals surface area contributed by atoms with E-state index in [0.29, 0.717) is 86.7 Å². The number of Topliss-reactive ketones (excluding diaryl/α,β-unsaturated/α-hetero) is 1. The molecule has 4 aromatic carbocycles. The molecule has 6 aromatic rings. The van der Waals surface area contributed by atoms with Gasteiger partial charge in [0.1, 0.15) is 34.7 Å². The number of quaternary nitrogens is 1. The molecule has 19 heteroatoms. The third-order valence-corrected chi connectivity index (χ3v) is 10.7. The van der Waals surface area contributed by atoms with E-state index in [1.807, 2.05) is 117 Å². The number of alkyl halides is 1. The zero-order valence-electron chi connectivity index (χ0n) is 43.4. The van der Waals surface area contributed by atoms with Crippen molar-refractivity contribution < 1.29 is 51.7 Å². The SMILES string of the molecule is CC(C)Oc1ccc(-c2nc(-c3cccc4c3CC=C4OC(=O)C[N+](C)(C)C)no2)cc1C#N.CC(C)Oc1ccc(-c2nc(-c3cccc4c3CCC4=O)no2)cc1C#N.CCC(=O)OC(=O)CBr.CN(C)C. The van der Waals surface area contributed by atoms with Gasteiger partial charge in [-0.2, -0.15) is 20.5 Å². The number of esters is 3. The fourth-order valence-electron chi connectivity index (χ4n) is 7.23. The molecule has 0 radical (unpaired) electrons. The van der Waals surface area contributed by atoms with Gasteiger partial charge in [-0.25, -0.2) is 4.79 Å². The van der Waals surface area contributed by atoms with E-state index in [2.05, 4.69) is 53.1 Å². The van der Waals surface area contributed by atoms with Crippen molar-refractivity contribution in [3.8, 4) is 69.3 Å². The van der Waals surface area contributed by atoms with Gasteiger partial charge in [-0.1, -0.05) is 69.6 Å². The summed E-state index contributed by atoms with van der Waals surface area (Å²) < 4.78 is 32.6. The molecule has 2 aromatic heterocycles. The first-order valence-corrected chi connectivity index (χ1v) is 24.8. The number of nitrogens with zero attached hydrogens (tertiary/aromatic N) is 8. The number of carbonyl (C=O) groups is 4. The molecule has 2 aliphatic rings. The predicted octanol–water partition coefficient (Wildman–Crippen LogP) is 9.44. The highest BCUT2D eigenvalue weighted by Crippen LogP contribution is 2.37. The lowest BCUT2D eigenvalue weighted by atomic mass is 10.0. The van der Waals surface area contributed by atoms with E-state index in [4.69, 9.17) is 23.3 Å². The van der Waals surface area contributed by atoms with Crippen LogP contribution in [0.3, 0.4) is 0 Å². The number of ketones is 1. The molecular weight excluding hydrogens is 1010 g/mol. The summed E-state index contributed by atoms with van der Waals surface area (Å²) in [6.45, 7) is 9.52. The van der Waals surface area contributed by atoms with Gasteiger partial charge < -0.3 is 37.4 Å². The number of benzene rings is 4. The Bertz CT molecular complexity index is 3080. The van der Waals surface area contributed by atoms with Crippen LogP contribution in [0.4, 0.5) is 0 Å². The summed E-state index contributed by atoms with van der Waals surface area (Å²) in [5.41, 5.74) is 7.23. The van der Waals surface area contributed by atoms with E-state index < -0.39 is 11.9 Å². The second-order valence-electron chi connectivity index (χ2n) is 18.8. The smallest absolute Gasteiger partial charge is 0.367 e. The van der Waals surface area contributed by atoms with E-state index in [0.717, 1.165) is 33.4 Å². The van der Waals surface area contributed by atoms with Gasteiger partial charge in [0, 0.05) is 46.2 Å². The number of rotatable bonds is 13. The van der Waals surface area contributed by atoms with Crippen LogP contribution in [0.1, 0.15) is 85.6 Å². The lowest BCUT2D eigenvalue weighted by Gasteiger charge is -2.22. The number of ether oxygens (including phenoxy) is 4. The summed E-state index contributed by atoms with van der Waals surface area (Å²) in [5, 5.41) is 27.2. The fraction of sp³-hybridized carbons (Fsp3) is 0.345. The normalized spacial score (nSPS) is 12.1. The quantitative estimate of drug-likeness (QED) is 0.0453. The van der Waals surface area contributed by atoms with Crippen LogP contribution in [-0.2, 0) is 36.7 Å². The summed E-state index contributed by atoms with van der Waals surface area (Å²) in [4.78, 5) is 55.9. The van der Waals surface area contributed by atoms with Crippen LogP contribution in [-0.4, -0.2) is 120 Å². The number of aromatic nitrogens is 4. The third kappa shape index (κ3) is 15.8. The second-order valence-corrected chi connectivity index (χ2v) is 19.3. The van der Waals surface area contributed by atoms with E-state index >= 15 is 0 Å². The number of fused-ring (bicyclic) bond motifs is 2. The standard InChI is InChI=1S/C26H27N4O4.C21H17N3O3.C5H7BrO3.C3H9N/c1-16(2)32-22-11-9-17(13-18(22)14-27)26-28-25(29-34-26)21-8-6-7-20-19(21)10-12-23(20)33-24(31)15-30(3,4)5;1-12(2)26-19-9-6-13(10-14(19)11-22)21-23-20(24-27-21)17-5-3-4-16-15(17)7-8-18(16)25;1-2-4(7)9-5(8)3-6;1-4(2)3/h6-9,11-13,16H,10,15H2,1-5H3;3-6,9-10,12H,7-8H2,1-2H3;2-3H2,1H3;1-3H3/q+1;;;. The molecule has 0 saturated heterocycles. The Hall–Kier alpha value is -7.84. The summed E-state index contributed by atoms with van der Waals surface area (Å²) in [5.74, 6) is 1.93. The Morgan fingerprint density at radius 2 is 1.20 bits per heavy atom. The Morgan fingerprint density at radius 1 is 0.716 bits per heavy atom. The van der Waals surface area contributed by atoms with Crippen molar-refractivity contribution >= 4 is 45.4 Å². The van der Waals surface area contributed by atoms with Crippen LogP contribution >= 0.6 is 15.9 Å². The highest BCUT2D eigenvalue weighted by atomic mass is 79.9. The molecule has 8 rings (SSSR count). The van der Waals surface area contributed by atoms with Crippen LogP contribution in [0.2, 0.25) is 0 Å². The van der Waals surface area contributed by atoms with E-state index in [-0.39, 0.29) is 42.3 Å². The van der Waals surface area contributed by atoms with E-state index in [9.17, 15) is 29.7 Å². The van der Waals surface area contributed by atoms with E-state index in [1.54, 1.807) is 43.3 Å². The number of halogens is 1. The Balaban J connectivity index is 0.000000225. The lowest BCUT2D eigenvalue weighted by Crippen LogP contribution is -2.40. The minimum absolute atomic E-state index is 0.0270. The Kier molecular flexibility index (Phi) is 20.2. The summed E-state index contributed by atoms with van der Waals surface area (Å²) in [6.07, 6.45) is 3.86. The first kappa shape index (κ1) is 57.1. The van der Waals surface area contributed by atoms with Gasteiger partial charge in [0.05, 0.1) is 44.5 Å². The molecular formula is C55H60BrN8O10+. The van der Waals surface area contributed by atoms with Gasteiger partial charge in [-0.3, -0.25) is 14.4 Å². The van der Waals surface area contributed by atoms with Crippen LogP contribution in [0.15, 0.2) is 87.9 Å². The molecule has 0 unspecified atom stereocenters. The molecule has 0 spiro atoms. The highest BCUT2D eigenvalue weighted by Gasteiger charge is 2.27. The number of likely N-dealkylation sites (N-methyl/N-ethyl adjacent to an activating group) is 1. The van der Waals surface area contributed by atoms with E-state index in [1.165, 1.54) is 0 Å². The van der Waals surface area contributed by atoms with Gasteiger partial charge in [0.2, 0.25) is 11.6 Å². The zero-order chi connectivity index (χ0) is 54.3. The number of hydrogen-bond acceptors (Lipinski definition) is 17. The molecule has 2 heterocycles. The van der Waals surface area contributed by atoms with Crippen molar-refractivity contribution in [2.75, 3.05) is 54.2 Å². The second kappa shape index (κ2) is 26.2. The van der Waals surface area contributed by atoms with Gasteiger partial charge >= 0.3 is 17.9 Å². The van der Waals surface area contributed by atoms with Gasteiger partial charge in [-0.05, 0) is 115 Å². The van der Waals surface area contributed by atoms with Crippen molar-refractivity contribution in [2.45, 2.75) is 72.5 Å². The lowest BCUT2D eigenvalue weighted by molar-refractivity contribution is -0.862. The fourth-order valence-corrected chi connectivity index (χ4v) is 7.35. The molecule has 0 atom stereocenters. The average Bonchev–Trinajstić information content (AvgIpc) is 4.19. The predicted molar refractivity (Wildman–Crippen MR) is 279 cm³/mol. The Labute approximate surface area is 439 Å². The highest BCUT2D eigenvalue weighted by molar-refractivity contribution is 9.09. The monoisotopic (exact) mass is 1070 g/mol. The van der Waals surface area contributed by atoms with Crippen molar-refractivity contribution in [1.29, 1.82) is 10.5 Å². The maximum absolute atomic E-state index is 12.3. The first-order valence-electron chi connectivity index (χ1n) is 23.6. The topological polar surface area (TPSA) is 234 Å². The molecule has 18 nitrogen and oxygen atoms in total. The molecule has 0 fully saturated rings. The molecule has 0 amide bonds.